The molecular formula is C24H21ClN2O3. The van der Waals surface area contributed by atoms with Crippen LogP contribution < -0.4 is 10.1 Å². The van der Waals surface area contributed by atoms with Gasteiger partial charge in [-0.1, -0.05) is 29.8 Å². The number of rotatable bonds is 6. The van der Waals surface area contributed by atoms with Crippen molar-refractivity contribution in [3.05, 3.63) is 88.3 Å². The van der Waals surface area contributed by atoms with Crippen molar-refractivity contribution in [2.24, 2.45) is 0 Å². The molecule has 0 radical (unpaired) electrons. The highest BCUT2D eigenvalue weighted by Crippen LogP contribution is 2.23. The molecule has 0 aliphatic carbocycles. The summed E-state index contributed by atoms with van der Waals surface area (Å²) in [4.78, 5) is 16.7. The van der Waals surface area contributed by atoms with E-state index in [-0.39, 0.29) is 12.5 Å². The Balaban J connectivity index is 1.35. The van der Waals surface area contributed by atoms with Gasteiger partial charge in [0.2, 0.25) is 0 Å². The lowest BCUT2D eigenvalue weighted by Crippen LogP contribution is -2.20. The Morgan fingerprint density at radius 2 is 1.80 bits per heavy atom. The summed E-state index contributed by atoms with van der Waals surface area (Å²) in [5.74, 6) is 1.03. The van der Waals surface area contributed by atoms with Gasteiger partial charge in [0.1, 0.15) is 11.3 Å². The summed E-state index contributed by atoms with van der Waals surface area (Å²) in [6.45, 7) is 4.00. The number of aromatic nitrogens is 1. The Bertz CT molecular complexity index is 1180. The van der Waals surface area contributed by atoms with Crippen LogP contribution in [0.5, 0.6) is 5.75 Å². The van der Waals surface area contributed by atoms with Gasteiger partial charge >= 0.3 is 0 Å². The zero-order chi connectivity index (χ0) is 21.1. The molecular weight excluding hydrogens is 400 g/mol. The molecule has 0 aliphatic rings. The molecule has 6 heteroatoms. The quantitative estimate of drug-likeness (QED) is 0.434. The maximum Gasteiger partial charge on any atom is 0.262 e. The smallest absolute Gasteiger partial charge is 0.262 e. The van der Waals surface area contributed by atoms with E-state index in [0.717, 1.165) is 22.2 Å². The monoisotopic (exact) mass is 420 g/mol. The normalized spacial score (nSPS) is 10.9. The van der Waals surface area contributed by atoms with E-state index in [4.69, 9.17) is 20.8 Å². The van der Waals surface area contributed by atoms with Crippen LogP contribution in [-0.4, -0.2) is 17.5 Å². The predicted molar refractivity (Wildman–Crippen MR) is 118 cm³/mol. The number of carbonyl (C=O) groups excluding carboxylic acids is 1. The third-order valence-electron chi connectivity index (χ3n) is 4.64. The Hall–Kier alpha value is -3.31. The summed E-state index contributed by atoms with van der Waals surface area (Å²) in [6.07, 6.45) is 0.584. The third kappa shape index (κ3) is 4.81. The molecule has 1 amide bonds. The largest absolute Gasteiger partial charge is 0.484 e. The Morgan fingerprint density at radius 3 is 2.53 bits per heavy atom. The summed E-state index contributed by atoms with van der Waals surface area (Å²) >= 11 is 5.83. The highest BCUT2D eigenvalue weighted by molar-refractivity contribution is 6.30. The molecule has 3 aromatic carbocycles. The Kier molecular flexibility index (Phi) is 5.72. The molecule has 1 heterocycles. The second-order valence-corrected chi connectivity index (χ2v) is 7.64. The number of oxazole rings is 1. The van der Waals surface area contributed by atoms with Crippen molar-refractivity contribution in [2.75, 3.05) is 11.9 Å². The molecule has 0 bridgehead atoms. The minimum absolute atomic E-state index is 0.0783. The number of hydrogen-bond donors (Lipinski definition) is 1. The van der Waals surface area contributed by atoms with Gasteiger partial charge in [0.15, 0.2) is 18.1 Å². The fourth-order valence-corrected chi connectivity index (χ4v) is 3.38. The summed E-state index contributed by atoms with van der Waals surface area (Å²) in [7, 11) is 0. The van der Waals surface area contributed by atoms with Crippen molar-refractivity contribution >= 4 is 34.3 Å². The number of nitrogens with one attached hydrogen (secondary N) is 1. The molecule has 1 aromatic heterocycles. The van der Waals surface area contributed by atoms with Gasteiger partial charge < -0.3 is 14.5 Å². The van der Waals surface area contributed by atoms with Gasteiger partial charge in [-0.15, -0.1) is 0 Å². The minimum Gasteiger partial charge on any atom is -0.484 e. The Morgan fingerprint density at radius 1 is 1.07 bits per heavy atom. The second-order valence-electron chi connectivity index (χ2n) is 7.20. The molecule has 0 saturated heterocycles. The SMILES string of the molecule is Cc1cc(C)c2oc(Cc3ccc(NC(=O)COc4ccc(Cl)cc4)cc3)nc2c1. The summed E-state index contributed by atoms with van der Waals surface area (Å²) in [5.41, 5.74) is 5.72. The van der Waals surface area contributed by atoms with Gasteiger partial charge in [0, 0.05) is 17.1 Å². The lowest BCUT2D eigenvalue weighted by molar-refractivity contribution is -0.118. The first-order valence-electron chi connectivity index (χ1n) is 9.60. The van der Waals surface area contributed by atoms with Crippen LogP contribution >= 0.6 is 11.6 Å². The van der Waals surface area contributed by atoms with E-state index in [9.17, 15) is 4.79 Å². The molecule has 30 heavy (non-hydrogen) atoms. The van der Waals surface area contributed by atoms with Crippen molar-refractivity contribution in [3.8, 4) is 5.75 Å². The lowest BCUT2D eigenvalue weighted by Gasteiger charge is -2.08. The van der Waals surface area contributed by atoms with E-state index in [1.165, 1.54) is 5.56 Å². The predicted octanol–water partition coefficient (Wildman–Crippen LogP) is 5.71. The number of fused-ring (bicyclic) bond motifs is 1. The van der Waals surface area contributed by atoms with Crippen LogP contribution in [0.2, 0.25) is 5.02 Å². The first-order valence-corrected chi connectivity index (χ1v) is 9.98. The van der Waals surface area contributed by atoms with Crippen LogP contribution in [0.15, 0.2) is 65.1 Å². The zero-order valence-electron chi connectivity index (χ0n) is 16.7. The van der Waals surface area contributed by atoms with Crippen molar-refractivity contribution in [1.29, 1.82) is 0 Å². The van der Waals surface area contributed by atoms with E-state index < -0.39 is 0 Å². The summed E-state index contributed by atoms with van der Waals surface area (Å²) < 4.78 is 11.4. The molecule has 4 aromatic rings. The number of hydrogen-bond acceptors (Lipinski definition) is 4. The topological polar surface area (TPSA) is 64.4 Å². The molecule has 0 unspecified atom stereocenters. The summed E-state index contributed by atoms with van der Waals surface area (Å²) in [5, 5.41) is 3.44. The van der Waals surface area contributed by atoms with Crippen molar-refractivity contribution in [1.82, 2.24) is 4.98 Å². The maximum absolute atomic E-state index is 12.1. The van der Waals surface area contributed by atoms with Crippen LogP contribution in [0.1, 0.15) is 22.6 Å². The lowest BCUT2D eigenvalue weighted by atomic mass is 10.1. The molecule has 0 fully saturated rings. The maximum atomic E-state index is 12.1. The number of halogens is 1. The summed E-state index contributed by atoms with van der Waals surface area (Å²) in [6, 6.07) is 18.6. The number of anilines is 1. The van der Waals surface area contributed by atoms with E-state index in [2.05, 4.69) is 16.4 Å². The van der Waals surface area contributed by atoms with Gasteiger partial charge in [-0.05, 0) is 73.0 Å². The van der Waals surface area contributed by atoms with E-state index in [0.29, 0.717) is 28.8 Å². The third-order valence-corrected chi connectivity index (χ3v) is 4.89. The number of aryl methyl sites for hydroxylation is 2. The fourth-order valence-electron chi connectivity index (χ4n) is 3.26. The molecule has 0 atom stereocenters. The number of amides is 1. The van der Waals surface area contributed by atoms with Gasteiger partial charge in [-0.2, -0.15) is 0 Å². The average Bonchev–Trinajstić information content (AvgIpc) is 3.12. The average molecular weight is 421 g/mol. The van der Waals surface area contributed by atoms with Crippen LogP contribution in [0.25, 0.3) is 11.1 Å². The van der Waals surface area contributed by atoms with Crippen molar-refractivity contribution in [2.45, 2.75) is 20.3 Å². The van der Waals surface area contributed by atoms with Gasteiger partial charge in [-0.3, -0.25) is 4.79 Å². The fraction of sp³-hybridized carbons (Fsp3) is 0.167. The second kappa shape index (κ2) is 8.59. The number of carbonyl (C=O) groups is 1. The minimum atomic E-state index is -0.234. The van der Waals surface area contributed by atoms with E-state index in [1.54, 1.807) is 24.3 Å². The van der Waals surface area contributed by atoms with E-state index in [1.807, 2.05) is 44.2 Å². The van der Waals surface area contributed by atoms with Crippen LogP contribution in [-0.2, 0) is 11.2 Å². The van der Waals surface area contributed by atoms with Crippen molar-refractivity contribution < 1.29 is 13.9 Å². The Labute approximate surface area is 179 Å². The standard InChI is InChI=1S/C24H21ClN2O3/c1-15-11-16(2)24-21(12-15)27-23(30-24)13-17-3-7-19(8-4-17)26-22(28)14-29-20-9-5-18(25)6-10-20/h3-12H,13-14H2,1-2H3,(H,26,28). The van der Waals surface area contributed by atoms with Gasteiger partial charge in [-0.25, -0.2) is 4.98 Å². The molecule has 1 N–H and O–H groups in total. The molecule has 5 nitrogen and oxygen atoms in total. The highest BCUT2D eigenvalue weighted by atomic mass is 35.5. The van der Waals surface area contributed by atoms with Crippen LogP contribution in [0.4, 0.5) is 5.69 Å². The first-order chi connectivity index (χ1) is 14.5. The van der Waals surface area contributed by atoms with E-state index >= 15 is 0 Å². The highest BCUT2D eigenvalue weighted by Gasteiger charge is 2.10. The molecule has 0 saturated carbocycles. The number of benzene rings is 3. The number of ether oxygens (including phenoxy) is 1. The first kappa shape index (κ1) is 20.0. The van der Waals surface area contributed by atoms with Gasteiger partial charge in [0.05, 0.1) is 0 Å². The molecule has 152 valence electrons. The van der Waals surface area contributed by atoms with Gasteiger partial charge in [0.25, 0.3) is 5.91 Å². The molecule has 4 rings (SSSR count). The van der Waals surface area contributed by atoms with Crippen LogP contribution in [0, 0.1) is 13.8 Å². The zero-order valence-corrected chi connectivity index (χ0v) is 17.5. The number of nitrogens with zero attached hydrogens (tertiary/aromatic N) is 1. The molecule has 0 spiro atoms. The van der Waals surface area contributed by atoms with Crippen LogP contribution in [0.3, 0.4) is 0 Å². The molecule has 0 aliphatic heterocycles. The van der Waals surface area contributed by atoms with Crippen molar-refractivity contribution in [3.63, 3.8) is 0 Å².